The standard InChI is InChI=1S/C18H16ClN3O4/c1-9(2)8-22-16-13(17(25)21-18(22)26)5-10(7-20-16)15(24)12-6-11(19)3-4-14(12)23/h3-7,9,23H,8H2,1-2H3,(H,21,25,26). The summed E-state index contributed by atoms with van der Waals surface area (Å²) < 4.78 is 1.37. The molecule has 0 spiro atoms. The van der Waals surface area contributed by atoms with Gasteiger partial charge in [0.2, 0.25) is 0 Å². The lowest BCUT2D eigenvalue weighted by Gasteiger charge is -2.11. The first-order chi connectivity index (χ1) is 12.3. The van der Waals surface area contributed by atoms with E-state index in [1.807, 2.05) is 13.8 Å². The number of rotatable bonds is 4. The van der Waals surface area contributed by atoms with Gasteiger partial charge in [0, 0.05) is 23.3 Å². The molecule has 0 saturated heterocycles. The van der Waals surface area contributed by atoms with E-state index < -0.39 is 17.0 Å². The topological polar surface area (TPSA) is 105 Å². The van der Waals surface area contributed by atoms with Gasteiger partial charge in [-0.2, -0.15) is 0 Å². The zero-order chi connectivity index (χ0) is 19.0. The minimum absolute atomic E-state index is 0.00517. The molecule has 134 valence electrons. The van der Waals surface area contributed by atoms with Crippen molar-refractivity contribution in [2.75, 3.05) is 0 Å². The van der Waals surface area contributed by atoms with Gasteiger partial charge in [0.15, 0.2) is 5.78 Å². The maximum Gasteiger partial charge on any atom is 0.330 e. The summed E-state index contributed by atoms with van der Waals surface area (Å²) >= 11 is 5.88. The monoisotopic (exact) mass is 373 g/mol. The highest BCUT2D eigenvalue weighted by atomic mass is 35.5. The first-order valence-corrected chi connectivity index (χ1v) is 8.32. The van der Waals surface area contributed by atoms with Gasteiger partial charge in [-0.25, -0.2) is 9.78 Å². The second-order valence-corrected chi connectivity index (χ2v) is 6.79. The van der Waals surface area contributed by atoms with Crippen LogP contribution in [0.3, 0.4) is 0 Å². The van der Waals surface area contributed by atoms with Gasteiger partial charge in [0.05, 0.1) is 10.9 Å². The molecule has 0 saturated carbocycles. The van der Waals surface area contributed by atoms with Crippen LogP contribution in [-0.2, 0) is 6.54 Å². The van der Waals surface area contributed by atoms with Gasteiger partial charge in [-0.1, -0.05) is 25.4 Å². The third-order valence-electron chi connectivity index (χ3n) is 3.85. The third-order valence-corrected chi connectivity index (χ3v) is 4.08. The normalized spacial score (nSPS) is 11.2. The van der Waals surface area contributed by atoms with Gasteiger partial charge in [-0.05, 0) is 30.2 Å². The zero-order valence-corrected chi connectivity index (χ0v) is 14.9. The van der Waals surface area contributed by atoms with E-state index >= 15 is 0 Å². The van der Waals surface area contributed by atoms with Crippen LogP contribution in [0.2, 0.25) is 5.02 Å². The number of nitrogens with one attached hydrogen (secondary N) is 1. The van der Waals surface area contributed by atoms with Crippen molar-refractivity contribution >= 4 is 28.4 Å². The molecule has 2 aromatic heterocycles. The SMILES string of the molecule is CC(C)Cn1c(=O)[nH]c(=O)c2cc(C(=O)c3cc(Cl)ccc3O)cnc21. The number of aromatic hydroxyl groups is 1. The number of hydrogen-bond acceptors (Lipinski definition) is 5. The molecule has 0 unspecified atom stereocenters. The minimum atomic E-state index is -0.623. The number of aromatic amines is 1. The van der Waals surface area contributed by atoms with E-state index in [4.69, 9.17) is 11.6 Å². The van der Waals surface area contributed by atoms with Crippen molar-refractivity contribution in [3.8, 4) is 5.75 Å². The number of phenols is 1. The summed E-state index contributed by atoms with van der Waals surface area (Å²) in [5.41, 5.74) is -0.849. The number of pyridine rings is 1. The van der Waals surface area contributed by atoms with Gasteiger partial charge < -0.3 is 5.11 Å². The van der Waals surface area contributed by atoms with Crippen LogP contribution in [0.4, 0.5) is 0 Å². The number of halogens is 1. The summed E-state index contributed by atoms with van der Waals surface area (Å²) in [5, 5.41) is 10.3. The Bertz CT molecular complexity index is 1130. The molecule has 2 N–H and O–H groups in total. The van der Waals surface area contributed by atoms with Crippen molar-refractivity contribution in [3.05, 3.63) is 67.4 Å². The highest BCUT2D eigenvalue weighted by molar-refractivity contribution is 6.31. The Hall–Kier alpha value is -2.93. The van der Waals surface area contributed by atoms with Crippen LogP contribution in [0.5, 0.6) is 5.75 Å². The van der Waals surface area contributed by atoms with Crippen LogP contribution in [0.15, 0.2) is 40.1 Å². The Kier molecular flexibility index (Phi) is 4.65. The quantitative estimate of drug-likeness (QED) is 0.683. The molecule has 0 bridgehead atoms. The summed E-state index contributed by atoms with van der Waals surface area (Å²) in [6.45, 7) is 4.24. The molecule has 0 atom stereocenters. The van der Waals surface area contributed by atoms with Crippen LogP contribution in [0, 0.1) is 5.92 Å². The van der Waals surface area contributed by atoms with Crippen molar-refractivity contribution in [2.45, 2.75) is 20.4 Å². The fourth-order valence-electron chi connectivity index (χ4n) is 2.67. The molecule has 8 heteroatoms. The number of nitrogens with zero attached hydrogens (tertiary/aromatic N) is 2. The van der Waals surface area contributed by atoms with E-state index in [2.05, 4.69) is 9.97 Å². The van der Waals surface area contributed by atoms with E-state index in [1.54, 1.807) is 0 Å². The summed E-state index contributed by atoms with van der Waals surface area (Å²) in [7, 11) is 0. The lowest BCUT2D eigenvalue weighted by molar-refractivity contribution is 0.103. The second-order valence-electron chi connectivity index (χ2n) is 6.35. The Balaban J connectivity index is 2.18. The van der Waals surface area contributed by atoms with E-state index in [-0.39, 0.29) is 33.8 Å². The van der Waals surface area contributed by atoms with Crippen LogP contribution in [-0.4, -0.2) is 25.4 Å². The summed E-state index contributed by atoms with van der Waals surface area (Å²) in [6.07, 6.45) is 1.28. The molecule has 0 amide bonds. The van der Waals surface area contributed by atoms with Crippen molar-refractivity contribution in [1.82, 2.24) is 14.5 Å². The molecular weight excluding hydrogens is 358 g/mol. The number of hydrogen-bond donors (Lipinski definition) is 2. The van der Waals surface area contributed by atoms with E-state index in [0.717, 1.165) is 0 Å². The summed E-state index contributed by atoms with van der Waals surface area (Å²) in [5.74, 6) is -0.591. The predicted molar refractivity (Wildman–Crippen MR) is 98.0 cm³/mol. The lowest BCUT2D eigenvalue weighted by atomic mass is 10.0. The molecule has 2 heterocycles. The number of aromatic nitrogens is 3. The van der Waals surface area contributed by atoms with Crippen LogP contribution in [0.25, 0.3) is 11.0 Å². The maximum absolute atomic E-state index is 12.7. The largest absolute Gasteiger partial charge is 0.507 e. The molecule has 0 radical (unpaired) electrons. The number of carbonyl (C=O) groups excluding carboxylic acids is 1. The highest BCUT2D eigenvalue weighted by Crippen LogP contribution is 2.24. The number of phenolic OH excluding ortho intramolecular Hbond substituents is 1. The molecule has 0 aliphatic heterocycles. The molecule has 3 aromatic rings. The van der Waals surface area contributed by atoms with Gasteiger partial charge >= 0.3 is 5.69 Å². The molecule has 0 aliphatic carbocycles. The number of fused-ring (bicyclic) bond motifs is 1. The number of benzene rings is 1. The van der Waals surface area contributed by atoms with E-state index in [1.165, 1.54) is 35.0 Å². The average Bonchev–Trinajstić information content (AvgIpc) is 2.59. The van der Waals surface area contributed by atoms with Gasteiger partial charge in [0.25, 0.3) is 5.56 Å². The zero-order valence-electron chi connectivity index (χ0n) is 14.1. The second kappa shape index (κ2) is 6.76. The Morgan fingerprint density at radius 3 is 2.73 bits per heavy atom. The fourth-order valence-corrected chi connectivity index (χ4v) is 2.84. The highest BCUT2D eigenvalue weighted by Gasteiger charge is 2.17. The van der Waals surface area contributed by atoms with Crippen molar-refractivity contribution in [1.29, 1.82) is 0 Å². The predicted octanol–water partition coefficient (Wildman–Crippen LogP) is 2.33. The van der Waals surface area contributed by atoms with E-state index in [0.29, 0.717) is 11.6 Å². The van der Waals surface area contributed by atoms with Gasteiger partial charge in [-0.3, -0.25) is 19.1 Å². The van der Waals surface area contributed by atoms with Gasteiger partial charge in [0.1, 0.15) is 11.4 Å². The first kappa shape index (κ1) is 17.9. The number of carbonyl (C=O) groups is 1. The van der Waals surface area contributed by atoms with Crippen LogP contribution < -0.4 is 11.2 Å². The summed E-state index contributed by atoms with van der Waals surface area (Å²) in [4.78, 5) is 43.3. The van der Waals surface area contributed by atoms with Crippen molar-refractivity contribution in [2.24, 2.45) is 5.92 Å². The fraction of sp³-hybridized carbons (Fsp3) is 0.222. The molecule has 0 fully saturated rings. The number of ketones is 1. The summed E-state index contributed by atoms with van der Waals surface area (Å²) in [6, 6.07) is 5.48. The van der Waals surface area contributed by atoms with Crippen molar-refractivity contribution < 1.29 is 9.90 Å². The average molecular weight is 374 g/mol. The Morgan fingerprint density at radius 1 is 1.31 bits per heavy atom. The van der Waals surface area contributed by atoms with Gasteiger partial charge in [-0.15, -0.1) is 0 Å². The molecule has 0 aliphatic rings. The van der Waals surface area contributed by atoms with E-state index in [9.17, 15) is 19.5 Å². The minimum Gasteiger partial charge on any atom is -0.507 e. The van der Waals surface area contributed by atoms with Crippen molar-refractivity contribution in [3.63, 3.8) is 0 Å². The van der Waals surface area contributed by atoms with Crippen LogP contribution >= 0.6 is 11.6 Å². The molecular formula is C18H16ClN3O4. The lowest BCUT2D eigenvalue weighted by Crippen LogP contribution is -2.32. The smallest absolute Gasteiger partial charge is 0.330 e. The Labute approximate surface area is 152 Å². The number of H-pyrrole nitrogens is 1. The molecule has 1 aromatic carbocycles. The maximum atomic E-state index is 12.7. The molecule has 7 nitrogen and oxygen atoms in total. The first-order valence-electron chi connectivity index (χ1n) is 7.94. The Morgan fingerprint density at radius 2 is 2.04 bits per heavy atom. The van der Waals surface area contributed by atoms with Crippen LogP contribution in [0.1, 0.15) is 29.8 Å². The molecule has 3 rings (SSSR count). The third kappa shape index (κ3) is 3.25. The molecule has 26 heavy (non-hydrogen) atoms.